The van der Waals surface area contributed by atoms with Gasteiger partial charge in [0.05, 0.1) is 18.8 Å². The third kappa shape index (κ3) is 26.7. The quantitative estimate of drug-likeness (QED) is 0.0541. The number of aromatic nitrogens is 1. The van der Waals surface area contributed by atoms with E-state index in [-0.39, 0.29) is 29.6 Å². The second kappa shape index (κ2) is 32.0. The highest BCUT2D eigenvalue weighted by molar-refractivity contribution is 5.74. The number of allylic oxidation sites excluding steroid dienone is 1. The zero-order valence-electron chi connectivity index (χ0n) is 27.5. The number of hydrogen-bond donors (Lipinski definition) is 4. The minimum Gasteiger partial charge on any atom is -1.00 e. The van der Waals surface area contributed by atoms with Crippen LogP contribution in [0.15, 0.2) is 42.7 Å². The van der Waals surface area contributed by atoms with E-state index in [0.717, 1.165) is 32.2 Å². The number of hydrogen-bond acceptors (Lipinski definition) is 3. The molecule has 0 aromatic carbocycles. The summed E-state index contributed by atoms with van der Waals surface area (Å²) in [5.41, 5.74) is 0. The third-order valence-corrected chi connectivity index (χ3v) is 8.14. The first-order valence-corrected chi connectivity index (χ1v) is 17.6. The molecule has 0 saturated heterocycles. The standard InChI is InChI=1S/C36H65N3O3.BrH/c1-2-3-4-5-6-7-8-9-10-13-16-19-23-28-35(41)34(33-40)38-36(42)37-29-24-20-17-14-11-12-15-18-21-25-30-39-31-26-22-27-32-39;/h22-23,26-28,31-32,34-35,40-41H,2-21,24-25,29-30,33H2,1H3,(H-,37,38,42);1H/b28-23+;/t34-,35+;/m0./s1. The Morgan fingerprint density at radius 2 is 1.21 bits per heavy atom. The molecule has 1 aromatic heterocycles. The van der Waals surface area contributed by atoms with Crippen LogP contribution in [0.3, 0.4) is 0 Å². The molecule has 0 bridgehead atoms. The molecular weight excluding hydrogens is 602 g/mol. The number of nitrogens with one attached hydrogen (secondary N) is 2. The maximum Gasteiger partial charge on any atom is 0.315 e. The van der Waals surface area contributed by atoms with E-state index >= 15 is 0 Å². The van der Waals surface area contributed by atoms with Crippen molar-refractivity contribution in [2.45, 2.75) is 167 Å². The Labute approximate surface area is 275 Å². The maximum absolute atomic E-state index is 12.2. The van der Waals surface area contributed by atoms with E-state index in [4.69, 9.17) is 0 Å². The number of aliphatic hydroxyl groups excluding tert-OH is 2. The van der Waals surface area contributed by atoms with Gasteiger partial charge in [-0.25, -0.2) is 9.36 Å². The smallest absolute Gasteiger partial charge is 0.315 e. The van der Waals surface area contributed by atoms with Crippen molar-refractivity contribution in [3.05, 3.63) is 42.7 Å². The number of nitrogens with zero attached hydrogens (tertiary/aromatic N) is 1. The van der Waals surface area contributed by atoms with Crippen LogP contribution >= 0.6 is 0 Å². The molecule has 1 rings (SSSR count). The van der Waals surface area contributed by atoms with Crippen LogP contribution in [0.4, 0.5) is 4.79 Å². The molecule has 1 heterocycles. The van der Waals surface area contributed by atoms with Gasteiger partial charge in [-0.15, -0.1) is 0 Å². The number of aliphatic hydroxyl groups is 2. The lowest BCUT2D eigenvalue weighted by molar-refractivity contribution is -0.697. The number of unbranched alkanes of at least 4 members (excludes halogenated alkanes) is 20. The van der Waals surface area contributed by atoms with Crippen molar-refractivity contribution in [1.82, 2.24) is 10.6 Å². The lowest BCUT2D eigenvalue weighted by atomic mass is 10.0. The van der Waals surface area contributed by atoms with Crippen LogP contribution in [-0.2, 0) is 6.54 Å². The number of amides is 2. The monoisotopic (exact) mass is 667 g/mol. The highest BCUT2D eigenvalue weighted by Gasteiger charge is 2.17. The van der Waals surface area contributed by atoms with Crippen molar-refractivity contribution < 1.29 is 36.6 Å². The predicted molar refractivity (Wildman–Crippen MR) is 176 cm³/mol. The summed E-state index contributed by atoms with van der Waals surface area (Å²) in [5, 5.41) is 25.6. The summed E-state index contributed by atoms with van der Waals surface area (Å²) in [4.78, 5) is 12.2. The number of carbonyl (C=O) groups excluding carboxylic acids is 1. The van der Waals surface area contributed by atoms with Crippen LogP contribution in [0.25, 0.3) is 0 Å². The molecule has 1 aromatic rings. The van der Waals surface area contributed by atoms with Crippen molar-refractivity contribution in [3.63, 3.8) is 0 Å². The molecule has 2 amide bonds. The van der Waals surface area contributed by atoms with Gasteiger partial charge in [0.1, 0.15) is 6.54 Å². The SMILES string of the molecule is CCCCCCCCCCCCC/C=C/[C@@H](O)[C@H](CO)NC(=O)NCCCCCCCCCCCC[n+]1ccccc1.[Br-]. The summed E-state index contributed by atoms with van der Waals surface area (Å²) < 4.78 is 2.26. The topological polar surface area (TPSA) is 85.5 Å². The molecule has 0 aliphatic carbocycles. The number of pyridine rings is 1. The Morgan fingerprint density at radius 1 is 0.721 bits per heavy atom. The van der Waals surface area contributed by atoms with Gasteiger partial charge in [-0.1, -0.05) is 134 Å². The average Bonchev–Trinajstić information content (AvgIpc) is 3.01. The van der Waals surface area contributed by atoms with Crippen LogP contribution < -0.4 is 32.2 Å². The van der Waals surface area contributed by atoms with E-state index in [1.807, 2.05) is 6.08 Å². The highest BCUT2D eigenvalue weighted by atomic mass is 79.9. The van der Waals surface area contributed by atoms with Gasteiger partial charge in [-0.3, -0.25) is 0 Å². The van der Waals surface area contributed by atoms with Gasteiger partial charge in [0.25, 0.3) is 0 Å². The molecule has 0 radical (unpaired) electrons. The minimum absolute atomic E-state index is 0. The van der Waals surface area contributed by atoms with Crippen LogP contribution in [0.1, 0.15) is 148 Å². The van der Waals surface area contributed by atoms with Gasteiger partial charge in [-0.2, -0.15) is 0 Å². The van der Waals surface area contributed by atoms with Gasteiger partial charge >= 0.3 is 6.03 Å². The number of halogens is 1. The van der Waals surface area contributed by atoms with Gasteiger partial charge in [0, 0.05) is 25.1 Å². The molecule has 250 valence electrons. The first-order chi connectivity index (χ1) is 20.7. The lowest BCUT2D eigenvalue weighted by Crippen LogP contribution is -3.00. The van der Waals surface area contributed by atoms with E-state index in [2.05, 4.69) is 52.7 Å². The minimum atomic E-state index is -0.879. The second-order valence-electron chi connectivity index (χ2n) is 12.1. The Hall–Kier alpha value is -1.44. The van der Waals surface area contributed by atoms with Crippen LogP contribution in [0.2, 0.25) is 0 Å². The van der Waals surface area contributed by atoms with Crippen molar-refractivity contribution in [2.75, 3.05) is 13.2 Å². The summed E-state index contributed by atoms with van der Waals surface area (Å²) in [7, 11) is 0. The van der Waals surface area contributed by atoms with E-state index in [1.54, 1.807) is 6.08 Å². The molecule has 6 nitrogen and oxygen atoms in total. The van der Waals surface area contributed by atoms with Gasteiger partial charge in [-0.05, 0) is 25.7 Å². The molecule has 0 unspecified atom stereocenters. The molecule has 0 aliphatic heterocycles. The van der Waals surface area contributed by atoms with Crippen molar-refractivity contribution >= 4 is 6.03 Å². The van der Waals surface area contributed by atoms with Gasteiger partial charge in [0.2, 0.25) is 0 Å². The van der Waals surface area contributed by atoms with E-state index in [0.29, 0.717) is 6.54 Å². The Balaban J connectivity index is 0.0000176. The first-order valence-electron chi connectivity index (χ1n) is 17.6. The summed E-state index contributed by atoms with van der Waals surface area (Å²) >= 11 is 0. The molecule has 0 aliphatic rings. The fraction of sp³-hybridized carbons (Fsp3) is 0.778. The number of rotatable bonds is 29. The molecule has 43 heavy (non-hydrogen) atoms. The van der Waals surface area contributed by atoms with Crippen LogP contribution in [0, 0.1) is 0 Å². The first kappa shape index (κ1) is 41.6. The van der Waals surface area contributed by atoms with Crippen LogP contribution in [0.5, 0.6) is 0 Å². The Bertz CT molecular complexity index is 751. The predicted octanol–water partition coefficient (Wildman–Crippen LogP) is 5.16. The van der Waals surface area contributed by atoms with E-state index < -0.39 is 12.1 Å². The Kier molecular flexibility index (Phi) is 30.9. The zero-order chi connectivity index (χ0) is 30.4. The third-order valence-electron chi connectivity index (χ3n) is 8.14. The largest absolute Gasteiger partial charge is 1.00 e. The normalized spacial score (nSPS) is 12.6. The fourth-order valence-electron chi connectivity index (χ4n) is 5.37. The molecule has 7 heteroatoms. The summed E-state index contributed by atoms with van der Waals surface area (Å²) in [6, 6.07) is 5.23. The zero-order valence-corrected chi connectivity index (χ0v) is 29.1. The molecule has 0 spiro atoms. The number of carbonyl (C=O) groups is 1. The number of aryl methyl sites for hydroxylation is 1. The van der Waals surface area contributed by atoms with Crippen molar-refractivity contribution in [3.8, 4) is 0 Å². The summed E-state index contributed by atoms with van der Waals surface area (Å²) in [6.45, 7) is 3.71. The van der Waals surface area contributed by atoms with E-state index in [9.17, 15) is 15.0 Å². The Morgan fingerprint density at radius 3 is 1.74 bits per heavy atom. The average molecular weight is 669 g/mol. The molecule has 4 N–H and O–H groups in total. The van der Waals surface area contributed by atoms with Crippen LogP contribution in [-0.4, -0.2) is 41.5 Å². The molecule has 0 fully saturated rings. The van der Waals surface area contributed by atoms with Gasteiger partial charge < -0.3 is 37.8 Å². The van der Waals surface area contributed by atoms with Crippen molar-refractivity contribution in [1.29, 1.82) is 0 Å². The maximum atomic E-state index is 12.2. The fourth-order valence-corrected chi connectivity index (χ4v) is 5.37. The van der Waals surface area contributed by atoms with Crippen molar-refractivity contribution in [2.24, 2.45) is 0 Å². The summed E-state index contributed by atoms with van der Waals surface area (Å²) in [5.74, 6) is 0. The van der Waals surface area contributed by atoms with Gasteiger partial charge in [0.15, 0.2) is 12.4 Å². The number of urea groups is 1. The lowest BCUT2D eigenvalue weighted by Gasteiger charge is -2.20. The molecular formula is C36H66BrN3O3. The second-order valence-corrected chi connectivity index (χ2v) is 12.1. The molecule has 2 atom stereocenters. The molecule has 0 saturated carbocycles. The highest BCUT2D eigenvalue weighted by Crippen LogP contribution is 2.13. The van der Waals surface area contributed by atoms with E-state index in [1.165, 1.54) is 116 Å². The summed E-state index contributed by atoms with van der Waals surface area (Å²) in [6.07, 6.45) is 34.9.